The molecule has 0 aliphatic rings. The first-order valence-electron chi connectivity index (χ1n) is 5.30. The molecule has 0 saturated carbocycles. The molecule has 20 heavy (non-hydrogen) atoms. The number of nitrogens with one attached hydrogen (secondary N) is 2. The second kappa shape index (κ2) is 6.53. The molecule has 0 spiro atoms. The zero-order chi connectivity index (χ0) is 15.1. The summed E-state index contributed by atoms with van der Waals surface area (Å²) in [7, 11) is 1.35. The van der Waals surface area contributed by atoms with Crippen molar-refractivity contribution < 1.29 is 9.18 Å². The van der Waals surface area contributed by atoms with Crippen LogP contribution >= 0.6 is 0 Å². The van der Waals surface area contributed by atoms with Crippen LogP contribution in [0.5, 0.6) is 0 Å². The number of carbonyl (C=O) groups excluding carboxylic acids is 1. The lowest BCUT2D eigenvalue weighted by atomic mass is 10.1. The van der Waals surface area contributed by atoms with Crippen molar-refractivity contribution in [3.63, 3.8) is 0 Å². The molecule has 1 rings (SSSR count). The van der Waals surface area contributed by atoms with E-state index in [4.69, 9.17) is 15.8 Å². The SMILES string of the molecule is CNC(=O)c1cc(NC(C#N)=C(C#N)C#N)ccc1F. The van der Waals surface area contributed by atoms with Gasteiger partial charge < -0.3 is 10.6 Å². The predicted molar refractivity (Wildman–Crippen MR) is 67.3 cm³/mol. The molecule has 0 radical (unpaired) electrons. The Morgan fingerprint density at radius 2 is 1.85 bits per heavy atom. The molecule has 98 valence electrons. The van der Waals surface area contributed by atoms with E-state index in [1.807, 2.05) is 0 Å². The van der Waals surface area contributed by atoms with Crippen molar-refractivity contribution in [1.29, 1.82) is 15.8 Å². The highest BCUT2D eigenvalue weighted by atomic mass is 19.1. The number of rotatable bonds is 3. The molecule has 0 aromatic heterocycles. The molecule has 2 N–H and O–H groups in total. The average molecular weight is 269 g/mol. The van der Waals surface area contributed by atoms with Gasteiger partial charge in [0.15, 0.2) is 5.57 Å². The summed E-state index contributed by atoms with van der Waals surface area (Å²) in [5, 5.41) is 31.0. The van der Waals surface area contributed by atoms with Gasteiger partial charge in [0.25, 0.3) is 5.91 Å². The first-order valence-corrected chi connectivity index (χ1v) is 5.30. The Bertz CT molecular complexity index is 687. The first-order chi connectivity index (χ1) is 9.57. The lowest BCUT2D eigenvalue weighted by molar-refractivity contribution is 0.0959. The van der Waals surface area contributed by atoms with Gasteiger partial charge in [0.05, 0.1) is 5.56 Å². The molecular formula is C13H8FN5O. The molecule has 0 bridgehead atoms. The third-order valence-electron chi connectivity index (χ3n) is 2.29. The maximum absolute atomic E-state index is 13.4. The van der Waals surface area contributed by atoms with Crippen LogP contribution < -0.4 is 10.6 Å². The summed E-state index contributed by atoms with van der Waals surface area (Å²) in [5.74, 6) is -1.35. The lowest BCUT2D eigenvalue weighted by Gasteiger charge is -2.07. The largest absolute Gasteiger partial charge is 0.355 e. The summed E-state index contributed by atoms with van der Waals surface area (Å²) in [6.45, 7) is 0. The van der Waals surface area contributed by atoms with Gasteiger partial charge in [-0.2, -0.15) is 15.8 Å². The van der Waals surface area contributed by atoms with E-state index in [0.717, 1.165) is 6.07 Å². The third-order valence-corrected chi connectivity index (χ3v) is 2.29. The topological polar surface area (TPSA) is 112 Å². The second-order valence-corrected chi connectivity index (χ2v) is 3.48. The van der Waals surface area contributed by atoms with Gasteiger partial charge in [0.1, 0.15) is 29.7 Å². The number of halogens is 1. The molecule has 6 nitrogen and oxygen atoms in total. The molecule has 0 fully saturated rings. The molecular weight excluding hydrogens is 261 g/mol. The van der Waals surface area contributed by atoms with Crippen molar-refractivity contribution in [3.8, 4) is 18.2 Å². The van der Waals surface area contributed by atoms with E-state index in [1.165, 1.54) is 19.2 Å². The van der Waals surface area contributed by atoms with E-state index in [9.17, 15) is 9.18 Å². The smallest absolute Gasteiger partial charge is 0.254 e. The van der Waals surface area contributed by atoms with Crippen LogP contribution in [0, 0.1) is 39.8 Å². The molecule has 7 heteroatoms. The van der Waals surface area contributed by atoms with Crippen LogP contribution in [0.3, 0.4) is 0 Å². The van der Waals surface area contributed by atoms with Crippen molar-refractivity contribution >= 4 is 11.6 Å². The van der Waals surface area contributed by atoms with Crippen molar-refractivity contribution in [2.24, 2.45) is 0 Å². The molecule has 1 aromatic rings. The van der Waals surface area contributed by atoms with Gasteiger partial charge in [-0.25, -0.2) is 4.39 Å². The normalized spacial score (nSPS) is 8.55. The zero-order valence-electron chi connectivity index (χ0n) is 10.4. The highest BCUT2D eigenvalue weighted by molar-refractivity contribution is 5.95. The Hall–Kier alpha value is -3.37. The minimum Gasteiger partial charge on any atom is -0.355 e. The fraction of sp³-hybridized carbons (Fsp3) is 0.0769. The van der Waals surface area contributed by atoms with E-state index >= 15 is 0 Å². The van der Waals surface area contributed by atoms with E-state index in [2.05, 4.69) is 10.6 Å². The molecule has 0 aliphatic carbocycles. The van der Waals surface area contributed by atoms with Gasteiger partial charge in [-0.3, -0.25) is 4.79 Å². The maximum atomic E-state index is 13.4. The molecule has 0 aliphatic heterocycles. The van der Waals surface area contributed by atoms with Crippen molar-refractivity contribution in [2.45, 2.75) is 0 Å². The van der Waals surface area contributed by atoms with Crippen LogP contribution in [-0.4, -0.2) is 13.0 Å². The zero-order valence-corrected chi connectivity index (χ0v) is 10.4. The number of benzene rings is 1. The van der Waals surface area contributed by atoms with Crippen LogP contribution in [0.4, 0.5) is 10.1 Å². The summed E-state index contributed by atoms with van der Waals surface area (Å²) >= 11 is 0. The van der Waals surface area contributed by atoms with Crippen LogP contribution in [0.2, 0.25) is 0 Å². The van der Waals surface area contributed by atoms with E-state index in [-0.39, 0.29) is 16.9 Å². The van der Waals surface area contributed by atoms with E-state index in [1.54, 1.807) is 18.2 Å². The fourth-order valence-corrected chi connectivity index (χ4v) is 1.34. The third kappa shape index (κ3) is 3.10. The molecule has 0 unspecified atom stereocenters. The number of allylic oxidation sites excluding steroid dienone is 2. The van der Waals surface area contributed by atoms with Crippen LogP contribution in [0.25, 0.3) is 0 Å². The Morgan fingerprint density at radius 1 is 1.20 bits per heavy atom. The van der Waals surface area contributed by atoms with Crippen molar-refractivity contribution in [1.82, 2.24) is 5.32 Å². The molecule has 1 aromatic carbocycles. The van der Waals surface area contributed by atoms with Crippen LogP contribution in [0.1, 0.15) is 10.4 Å². The number of amides is 1. The standard InChI is InChI=1S/C13H8FN5O/c1-18-13(20)10-4-9(2-3-11(10)14)19-12(7-17)8(5-15)6-16/h2-4,19H,1H3,(H,18,20). The van der Waals surface area contributed by atoms with E-state index < -0.39 is 17.3 Å². The minimum atomic E-state index is -0.724. The molecule has 0 saturated heterocycles. The van der Waals surface area contributed by atoms with Gasteiger partial charge in [-0.1, -0.05) is 0 Å². The monoisotopic (exact) mass is 269 g/mol. The quantitative estimate of drug-likeness (QED) is 0.806. The molecule has 1 amide bonds. The summed E-state index contributed by atoms with van der Waals surface area (Å²) in [4.78, 5) is 11.4. The maximum Gasteiger partial charge on any atom is 0.254 e. The minimum absolute atomic E-state index is 0.213. The average Bonchev–Trinajstić information content (AvgIpc) is 2.48. The second-order valence-electron chi connectivity index (χ2n) is 3.48. The summed E-state index contributed by atoms with van der Waals surface area (Å²) in [6.07, 6.45) is 0. The van der Waals surface area contributed by atoms with Gasteiger partial charge in [0, 0.05) is 12.7 Å². The van der Waals surface area contributed by atoms with Crippen molar-refractivity contribution in [3.05, 3.63) is 40.8 Å². The highest BCUT2D eigenvalue weighted by Gasteiger charge is 2.12. The number of nitrogens with zero attached hydrogens (tertiary/aromatic N) is 3. The predicted octanol–water partition coefficient (Wildman–Crippen LogP) is 1.42. The molecule has 0 heterocycles. The first kappa shape index (κ1) is 14.7. The fourth-order valence-electron chi connectivity index (χ4n) is 1.34. The number of hydrogen-bond donors (Lipinski definition) is 2. The van der Waals surface area contributed by atoms with Crippen LogP contribution in [0.15, 0.2) is 29.5 Å². The van der Waals surface area contributed by atoms with Crippen LogP contribution in [-0.2, 0) is 0 Å². The summed E-state index contributed by atoms with van der Waals surface area (Å²) in [5.41, 5.74) is -0.683. The van der Waals surface area contributed by atoms with Gasteiger partial charge in [-0.15, -0.1) is 0 Å². The summed E-state index contributed by atoms with van der Waals surface area (Å²) < 4.78 is 13.4. The van der Waals surface area contributed by atoms with Crippen molar-refractivity contribution in [2.75, 3.05) is 12.4 Å². The van der Waals surface area contributed by atoms with Gasteiger partial charge in [-0.05, 0) is 18.2 Å². The van der Waals surface area contributed by atoms with Gasteiger partial charge >= 0.3 is 0 Å². The number of nitriles is 3. The Labute approximate surface area is 114 Å². The number of carbonyl (C=O) groups is 1. The number of anilines is 1. The number of hydrogen-bond acceptors (Lipinski definition) is 5. The van der Waals surface area contributed by atoms with Gasteiger partial charge in [0.2, 0.25) is 0 Å². The summed E-state index contributed by atoms with van der Waals surface area (Å²) in [6, 6.07) is 8.29. The van der Waals surface area contributed by atoms with E-state index in [0.29, 0.717) is 0 Å². The molecule has 0 atom stereocenters. The Balaban J connectivity index is 3.22. The Morgan fingerprint density at radius 3 is 2.35 bits per heavy atom. The highest BCUT2D eigenvalue weighted by Crippen LogP contribution is 2.17. The lowest BCUT2D eigenvalue weighted by Crippen LogP contribution is -2.19. The Kier molecular flexibility index (Phi) is 4.80.